The van der Waals surface area contributed by atoms with Crippen molar-refractivity contribution in [3.63, 3.8) is 0 Å². The molecule has 0 spiro atoms. The molecule has 1 amide bonds. The van der Waals surface area contributed by atoms with Gasteiger partial charge in [0.05, 0.1) is 16.7 Å². The summed E-state index contributed by atoms with van der Waals surface area (Å²) in [4.78, 5) is 37.3. The van der Waals surface area contributed by atoms with E-state index < -0.39 is 11.3 Å². The molecule has 1 saturated heterocycles. The number of aryl methyl sites for hydroxylation is 1. The Morgan fingerprint density at radius 1 is 1.00 bits per heavy atom. The molecular weight excluding hydrogens is 440 g/mol. The number of carbonyl (C=O) groups excluding carboxylic acids is 1. The highest BCUT2D eigenvalue weighted by Crippen LogP contribution is 2.28. The maximum absolute atomic E-state index is 13.2. The first-order chi connectivity index (χ1) is 16.0. The maximum Gasteiger partial charge on any atom is 0.281 e. The van der Waals surface area contributed by atoms with Gasteiger partial charge in [-0.3, -0.25) is 9.59 Å². The minimum Gasteiger partial charge on any atom is -0.354 e. The molecule has 2 aromatic heterocycles. The third kappa shape index (κ3) is 4.17. The molecule has 1 fully saturated rings. The molecule has 0 atom stereocenters. The summed E-state index contributed by atoms with van der Waals surface area (Å²) in [6, 6.07) is 15.9. The van der Waals surface area contributed by atoms with Crippen LogP contribution >= 0.6 is 11.6 Å². The highest BCUT2D eigenvalue weighted by atomic mass is 35.5. The zero-order chi connectivity index (χ0) is 22.9. The summed E-state index contributed by atoms with van der Waals surface area (Å²) in [6.07, 6.45) is 2.10. The van der Waals surface area contributed by atoms with Crippen molar-refractivity contribution in [3.05, 3.63) is 81.2 Å². The molecule has 3 heterocycles. The molecule has 0 bridgehead atoms. The number of nitrogens with zero attached hydrogens (tertiary/aromatic N) is 5. The predicted octanol–water partition coefficient (Wildman–Crippen LogP) is 3.99. The van der Waals surface area contributed by atoms with Crippen LogP contribution in [0.5, 0.6) is 0 Å². The Bertz CT molecular complexity index is 1410. The van der Waals surface area contributed by atoms with Gasteiger partial charge in [0.2, 0.25) is 5.43 Å². The predicted molar refractivity (Wildman–Crippen MR) is 129 cm³/mol. The maximum atomic E-state index is 13.2. The SMILES string of the molecule is Cc1cc(=O)c(C(=O)Nc2nc3ccccc3nc2N2CCCC2)nn1-c1ccc(Cl)cc1. The van der Waals surface area contributed by atoms with E-state index in [2.05, 4.69) is 20.3 Å². The number of carbonyl (C=O) groups is 1. The van der Waals surface area contributed by atoms with Crippen molar-refractivity contribution in [1.82, 2.24) is 19.7 Å². The molecule has 0 radical (unpaired) electrons. The summed E-state index contributed by atoms with van der Waals surface area (Å²) < 4.78 is 1.54. The molecule has 0 saturated carbocycles. The van der Waals surface area contributed by atoms with Crippen LogP contribution in [0, 0.1) is 6.92 Å². The Morgan fingerprint density at radius 2 is 1.67 bits per heavy atom. The number of amides is 1. The molecule has 5 rings (SSSR count). The fraction of sp³-hybridized carbons (Fsp3) is 0.208. The lowest BCUT2D eigenvalue weighted by Crippen LogP contribution is -2.28. The molecule has 0 aliphatic carbocycles. The average Bonchev–Trinajstić information content (AvgIpc) is 3.34. The number of para-hydroxylation sites is 2. The summed E-state index contributed by atoms with van der Waals surface area (Å²) in [7, 11) is 0. The van der Waals surface area contributed by atoms with Crippen molar-refractivity contribution in [2.75, 3.05) is 23.3 Å². The monoisotopic (exact) mass is 460 g/mol. The zero-order valence-corrected chi connectivity index (χ0v) is 18.7. The van der Waals surface area contributed by atoms with Gasteiger partial charge in [-0.15, -0.1) is 0 Å². The molecule has 4 aromatic rings. The van der Waals surface area contributed by atoms with Crippen LogP contribution in [0.15, 0.2) is 59.4 Å². The summed E-state index contributed by atoms with van der Waals surface area (Å²) in [5.41, 5.74) is 2.00. The van der Waals surface area contributed by atoms with Crippen LogP contribution in [0.25, 0.3) is 16.7 Å². The van der Waals surface area contributed by atoms with Crippen molar-refractivity contribution in [2.45, 2.75) is 19.8 Å². The lowest BCUT2D eigenvalue weighted by molar-refractivity contribution is 0.101. The molecule has 1 N–H and O–H groups in total. The quantitative estimate of drug-likeness (QED) is 0.495. The van der Waals surface area contributed by atoms with Gasteiger partial charge in [0.1, 0.15) is 0 Å². The van der Waals surface area contributed by atoms with Crippen molar-refractivity contribution in [3.8, 4) is 5.69 Å². The Labute approximate surface area is 194 Å². The Kier molecular flexibility index (Phi) is 5.51. The van der Waals surface area contributed by atoms with Crippen molar-refractivity contribution in [2.24, 2.45) is 0 Å². The number of hydrogen-bond acceptors (Lipinski definition) is 6. The second kappa shape index (κ2) is 8.63. The fourth-order valence-corrected chi connectivity index (χ4v) is 4.07. The number of halogens is 1. The molecule has 1 aliphatic rings. The van der Waals surface area contributed by atoms with Crippen molar-refractivity contribution >= 4 is 40.2 Å². The summed E-state index contributed by atoms with van der Waals surface area (Å²) >= 11 is 5.99. The van der Waals surface area contributed by atoms with E-state index in [0.717, 1.165) is 31.4 Å². The lowest BCUT2D eigenvalue weighted by Gasteiger charge is -2.20. The van der Waals surface area contributed by atoms with E-state index in [0.29, 0.717) is 33.6 Å². The van der Waals surface area contributed by atoms with Gasteiger partial charge >= 0.3 is 0 Å². The first-order valence-corrected chi connectivity index (χ1v) is 11.1. The van der Waals surface area contributed by atoms with Gasteiger partial charge < -0.3 is 10.2 Å². The standard InChI is InChI=1S/C24H21ClN6O2/c1-15-14-20(32)21(29-31(15)17-10-8-16(25)9-11-17)24(33)28-22-23(30-12-4-5-13-30)27-19-7-3-2-6-18(19)26-22/h2-3,6-11,14H,4-5,12-13H2,1H3,(H,26,28,33). The number of rotatable bonds is 4. The first-order valence-electron chi connectivity index (χ1n) is 10.7. The van der Waals surface area contributed by atoms with E-state index in [9.17, 15) is 9.59 Å². The van der Waals surface area contributed by atoms with Gasteiger partial charge in [0.25, 0.3) is 5.91 Å². The van der Waals surface area contributed by atoms with Crippen LogP contribution in [0.3, 0.4) is 0 Å². The Hall–Kier alpha value is -3.78. The normalized spacial score (nSPS) is 13.5. The average molecular weight is 461 g/mol. The number of hydrogen-bond donors (Lipinski definition) is 1. The van der Waals surface area contributed by atoms with Crippen LogP contribution in [-0.4, -0.2) is 38.7 Å². The lowest BCUT2D eigenvalue weighted by atomic mass is 10.2. The van der Waals surface area contributed by atoms with Crippen LogP contribution in [0.1, 0.15) is 29.0 Å². The topological polar surface area (TPSA) is 93.0 Å². The highest BCUT2D eigenvalue weighted by molar-refractivity contribution is 6.30. The van der Waals surface area contributed by atoms with Gasteiger partial charge in [0, 0.05) is 29.9 Å². The number of nitrogens with one attached hydrogen (secondary N) is 1. The van der Waals surface area contributed by atoms with E-state index >= 15 is 0 Å². The van der Waals surface area contributed by atoms with Crippen LogP contribution in [0.4, 0.5) is 11.6 Å². The first kappa shape index (κ1) is 21.1. The van der Waals surface area contributed by atoms with Gasteiger partial charge in [-0.25, -0.2) is 14.6 Å². The Balaban J connectivity index is 1.54. The molecule has 0 unspecified atom stereocenters. The van der Waals surface area contributed by atoms with Crippen molar-refractivity contribution in [1.29, 1.82) is 0 Å². The van der Waals surface area contributed by atoms with E-state index in [4.69, 9.17) is 16.6 Å². The molecule has 2 aromatic carbocycles. The van der Waals surface area contributed by atoms with Crippen LogP contribution < -0.4 is 15.6 Å². The Morgan fingerprint density at radius 3 is 2.36 bits per heavy atom. The largest absolute Gasteiger partial charge is 0.354 e. The molecule has 1 aliphatic heterocycles. The molecule has 33 heavy (non-hydrogen) atoms. The smallest absolute Gasteiger partial charge is 0.281 e. The van der Waals surface area contributed by atoms with Crippen LogP contribution in [0.2, 0.25) is 5.02 Å². The van der Waals surface area contributed by atoms with Crippen molar-refractivity contribution < 1.29 is 4.79 Å². The summed E-state index contributed by atoms with van der Waals surface area (Å²) in [6.45, 7) is 3.43. The molecular formula is C24H21ClN6O2. The third-order valence-electron chi connectivity index (χ3n) is 5.58. The summed E-state index contributed by atoms with van der Waals surface area (Å²) in [5, 5.41) is 7.72. The van der Waals surface area contributed by atoms with E-state index in [-0.39, 0.29) is 5.69 Å². The van der Waals surface area contributed by atoms with Gasteiger partial charge in [-0.1, -0.05) is 23.7 Å². The number of fused-ring (bicyclic) bond motifs is 1. The van der Waals surface area contributed by atoms with Gasteiger partial charge in [0.15, 0.2) is 17.3 Å². The third-order valence-corrected chi connectivity index (χ3v) is 5.84. The zero-order valence-electron chi connectivity index (χ0n) is 18.0. The summed E-state index contributed by atoms with van der Waals surface area (Å²) in [5.74, 6) is 0.290. The second-order valence-corrected chi connectivity index (χ2v) is 8.36. The van der Waals surface area contributed by atoms with Crippen LogP contribution in [-0.2, 0) is 0 Å². The fourth-order valence-electron chi connectivity index (χ4n) is 3.94. The second-order valence-electron chi connectivity index (χ2n) is 7.92. The minimum atomic E-state index is -0.632. The van der Waals surface area contributed by atoms with Gasteiger partial charge in [-0.2, -0.15) is 5.10 Å². The van der Waals surface area contributed by atoms with E-state index in [1.807, 2.05) is 24.3 Å². The number of aromatic nitrogens is 4. The molecule has 9 heteroatoms. The minimum absolute atomic E-state index is 0.224. The molecule has 166 valence electrons. The van der Waals surface area contributed by atoms with E-state index in [1.54, 1.807) is 35.9 Å². The van der Waals surface area contributed by atoms with Gasteiger partial charge in [-0.05, 0) is 56.2 Å². The molecule has 8 nitrogen and oxygen atoms in total. The number of anilines is 2. The van der Waals surface area contributed by atoms with E-state index in [1.165, 1.54) is 6.07 Å². The highest BCUT2D eigenvalue weighted by Gasteiger charge is 2.23. The number of benzene rings is 2.